The molecule has 2 atom stereocenters. The highest BCUT2D eigenvalue weighted by molar-refractivity contribution is 5.03. The van der Waals surface area contributed by atoms with Gasteiger partial charge in [0, 0.05) is 18.1 Å². The standard InChI is InChI=1S/C15H26N2/c1-3-13(16-9-1)14-4-2-10-17(14)15(11-5-6-11)12-7-8-12/h11-16H,1-10H2. The smallest absolute Gasteiger partial charge is 0.0252 e. The van der Waals surface area contributed by atoms with Crippen molar-refractivity contribution in [3.63, 3.8) is 0 Å². The summed E-state index contributed by atoms with van der Waals surface area (Å²) in [6.45, 7) is 2.67. The Labute approximate surface area is 105 Å². The van der Waals surface area contributed by atoms with E-state index in [1.165, 1.54) is 64.5 Å². The van der Waals surface area contributed by atoms with Gasteiger partial charge in [0.15, 0.2) is 0 Å². The van der Waals surface area contributed by atoms with E-state index in [4.69, 9.17) is 0 Å². The topological polar surface area (TPSA) is 15.3 Å². The number of rotatable bonds is 4. The summed E-state index contributed by atoms with van der Waals surface area (Å²) in [6.07, 6.45) is 11.9. The van der Waals surface area contributed by atoms with Gasteiger partial charge in [-0.15, -0.1) is 0 Å². The molecule has 17 heavy (non-hydrogen) atoms. The van der Waals surface area contributed by atoms with Crippen LogP contribution < -0.4 is 5.32 Å². The first-order valence-corrected chi connectivity index (χ1v) is 7.92. The Hall–Kier alpha value is -0.0800. The molecule has 0 radical (unpaired) electrons. The lowest BCUT2D eigenvalue weighted by molar-refractivity contribution is 0.120. The highest BCUT2D eigenvalue weighted by Crippen LogP contribution is 2.49. The molecule has 0 amide bonds. The van der Waals surface area contributed by atoms with Gasteiger partial charge in [-0.25, -0.2) is 0 Å². The van der Waals surface area contributed by atoms with Crippen LogP contribution in [0.15, 0.2) is 0 Å². The summed E-state index contributed by atoms with van der Waals surface area (Å²) in [5.41, 5.74) is 0. The summed E-state index contributed by atoms with van der Waals surface area (Å²) >= 11 is 0. The van der Waals surface area contributed by atoms with Gasteiger partial charge >= 0.3 is 0 Å². The van der Waals surface area contributed by atoms with E-state index in [9.17, 15) is 0 Å². The molecule has 2 saturated carbocycles. The molecule has 0 aromatic heterocycles. The normalized spacial score (nSPS) is 39.4. The van der Waals surface area contributed by atoms with Crippen molar-refractivity contribution in [2.75, 3.05) is 13.1 Å². The van der Waals surface area contributed by atoms with E-state index in [0.717, 1.165) is 30.0 Å². The molecule has 0 aromatic rings. The molecular weight excluding hydrogens is 208 g/mol. The third-order valence-electron chi connectivity index (χ3n) is 5.50. The molecule has 2 aliphatic heterocycles. The largest absolute Gasteiger partial charge is 0.312 e. The number of nitrogens with zero attached hydrogens (tertiary/aromatic N) is 1. The third-order valence-corrected chi connectivity index (χ3v) is 5.50. The van der Waals surface area contributed by atoms with Gasteiger partial charge in [0.05, 0.1) is 0 Å². The Balaban J connectivity index is 1.49. The number of hydrogen-bond acceptors (Lipinski definition) is 2. The van der Waals surface area contributed by atoms with Crippen LogP contribution in [0.2, 0.25) is 0 Å². The fourth-order valence-corrected chi connectivity index (χ4v) is 4.46. The van der Waals surface area contributed by atoms with Crippen LogP contribution in [0, 0.1) is 11.8 Å². The number of likely N-dealkylation sites (tertiary alicyclic amines) is 1. The molecule has 4 aliphatic rings. The molecule has 0 bridgehead atoms. The summed E-state index contributed by atoms with van der Waals surface area (Å²) in [4.78, 5) is 2.96. The number of nitrogens with one attached hydrogen (secondary N) is 1. The SMILES string of the molecule is C1CNC(C2CCCN2C(C2CC2)C2CC2)C1. The molecular formula is C15H26N2. The molecule has 96 valence electrons. The Morgan fingerprint density at radius 2 is 1.65 bits per heavy atom. The molecule has 2 saturated heterocycles. The zero-order valence-corrected chi connectivity index (χ0v) is 10.9. The maximum atomic E-state index is 3.76. The molecule has 1 N–H and O–H groups in total. The van der Waals surface area contributed by atoms with E-state index in [1.54, 1.807) is 0 Å². The molecule has 2 nitrogen and oxygen atoms in total. The van der Waals surface area contributed by atoms with Crippen molar-refractivity contribution in [3.05, 3.63) is 0 Å². The molecule has 4 rings (SSSR count). The summed E-state index contributed by atoms with van der Waals surface area (Å²) in [5, 5.41) is 3.76. The summed E-state index contributed by atoms with van der Waals surface area (Å²) in [6, 6.07) is 2.71. The van der Waals surface area contributed by atoms with Gasteiger partial charge in [-0.05, 0) is 76.3 Å². The van der Waals surface area contributed by atoms with E-state index in [0.29, 0.717) is 0 Å². The van der Waals surface area contributed by atoms with Crippen LogP contribution >= 0.6 is 0 Å². The second-order valence-corrected chi connectivity index (χ2v) is 6.82. The predicted molar refractivity (Wildman–Crippen MR) is 70.0 cm³/mol. The second kappa shape index (κ2) is 4.24. The molecule has 2 unspecified atom stereocenters. The first-order chi connectivity index (χ1) is 8.43. The Morgan fingerprint density at radius 1 is 0.882 bits per heavy atom. The van der Waals surface area contributed by atoms with Crippen LogP contribution in [-0.4, -0.2) is 36.1 Å². The average molecular weight is 234 g/mol. The van der Waals surface area contributed by atoms with E-state index in [2.05, 4.69) is 10.2 Å². The van der Waals surface area contributed by atoms with Crippen LogP contribution in [0.1, 0.15) is 51.4 Å². The van der Waals surface area contributed by atoms with Crippen molar-refractivity contribution in [3.8, 4) is 0 Å². The molecule has 2 aliphatic carbocycles. The van der Waals surface area contributed by atoms with Gasteiger partial charge in [-0.2, -0.15) is 0 Å². The van der Waals surface area contributed by atoms with Crippen molar-refractivity contribution >= 4 is 0 Å². The lowest BCUT2D eigenvalue weighted by Crippen LogP contribution is -2.49. The zero-order chi connectivity index (χ0) is 11.2. The van der Waals surface area contributed by atoms with Crippen LogP contribution in [0.4, 0.5) is 0 Å². The van der Waals surface area contributed by atoms with Crippen molar-refractivity contribution in [2.24, 2.45) is 11.8 Å². The lowest BCUT2D eigenvalue weighted by Gasteiger charge is -2.36. The van der Waals surface area contributed by atoms with Gasteiger partial charge in [0.25, 0.3) is 0 Å². The highest BCUT2D eigenvalue weighted by Gasteiger charge is 2.48. The monoisotopic (exact) mass is 234 g/mol. The minimum atomic E-state index is 0.831. The summed E-state index contributed by atoms with van der Waals surface area (Å²) < 4.78 is 0. The molecule has 0 spiro atoms. The maximum absolute atomic E-state index is 3.76. The molecule has 0 aromatic carbocycles. The fraction of sp³-hybridized carbons (Fsp3) is 1.00. The first kappa shape index (κ1) is 10.8. The van der Waals surface area contributed by atoms with Crippen LogP contribution in [0.3, 0.4) is 0 Å². The first-order valence-electron chi connectivity index (χ1n) is 7.92. The van der Waals surface area contributed by atoms with E-state index < -0.39 is 0 Å². The zero-order valence-electron chi connectivity index (χ0n) is 10.9. The summed E-state index contributed by atoms with van der Waals surface area (Å²) in [7, 11) is 0. The average Bonchev–Trinajstić information content (AvgIpc) is 3.23. The highest BCUT2D eigenvalue weighted by atomic mass is 15.2. The predicted octanol–water partition coefficient (Wildman–Crippen LogP) is 2.39. The Morgan fingerprint density at radius 3 is 2.24 bits per heavy atom. The van der Waals surface area contributed by atoms with Crippen LogP contribution in [-0.2, 0) is 0 Å². The van der Waals surface area contributed by atoms with E-state index in [1.807, 2.05) is 0 Å². The molecule has 4 fully saturated rings. The van der Waals surface area contributed by atoms with E-state index in [-0.39, 0.29) is 0 Å². The second-order valence-electron chi connectivity index (χ2n) is 6.82. The van der Waals surface area contributed by atoms with Crippen LogP contribution in [0.25, 0.3) is 0 Å². The number of hydrogen-bond donors (Lipinski definition) is 1. The van der Waals surface area contributed by atoms with Crippen molar-refractivity contribution < 1.29 is 0 Å². The molecule has 2 heterocycles. The maximum Gasteiger partial charge on any atom is 0.0252 e. The lowest BCUT2D eigenvalue weighted by atomic mass is 9.99. The van der Waals surface area contributed by atoms with E-state index >= 15 is 0 Å². The third kappa shape index (κ3) is 2.04. The van der Waals surface area contributed by atoms with Gasteiger partial charge in [-0.3, -0.25) is 4.90 Å². The quantitative estimate of drug-likeness (QED) is 0.803. The van der Waals surface area contributed by atoms with Crippen molar-refractivity contribution in [1.29, 1.82) is 0 Å². The Kier molecular flexibility index (Phi) is 2.69. The van der Waals surface area contributed by atoms with Gasteiger partial charge < -0.3 is 5.32 Å². The van der Waals surface area contributed by atoms with Gasteiger partial charge in [-0.1, -0.05) is 0 Å². The minimum Gasteiger partial charge on any atom is -0.312 e. The van der Waals surface area contributed by atoms with Gasteiger partial charge in [0.2, 0.25) is 0 Å². The summed E-state index contributed by atoms with van der Waals surface area (Å²) in [5.74, 6) is 2.18. The Bertz CT molecular complexity index is 265. The minimum absolute atomic E-state index is 0.831. The van der Waals surface area contributed by atoms with Crippen molar-refractivity contribution in [2.45, 2.75) is 69.5 Å². The van der Waals surface area contributed by atoms with Crippen molar-refractivity contribution in [1.82, 2.24) is 10.2 Å². The molecule has 2 heteroatoms. The fourth-order valence-electron chi connectivity index (χ4n) is 4.46. The van der Waals surface area contributed by atoms with Gasteiger partial charge in [0.1, 0.15) is 0 Å². The van der Waals surface area contributed by atoms with Crippen LogP contribution in [0.5, 0.6) is 0 Å².